The van der Waals surface area contributed by atoms with Gasteiger partial charge in [0.05, 0.1) is 5.02 Å². The molecule has 0 amide bonds. The zero-order valence-electron chi connectivity index (χ0n) is 6.14. The molecule has 0 bridgehead atoms. The fourth-order valence-corrected chi connectivity index (χ4v) is 1.14. The highest BCUT2D eigenvalue weighted by molar-refractivity contribution is 9.10. The summed E-state index contributed by atoms with van der Waals surface area (Å²) in [5, 5.41) is 9.06. The molecular formula is C9H6BrClO. The van der Waals surface area contributed by atoms with Crippen LogP contribution in [0.15, 0.2) is 22.7 Å². The van der Waals surface area contributed by atoms with E-state index in [1.165, 1.54) is 0 Å². The first-order chi connectivity index (χ1) is 5.74. The van der Waals surface area contributed by atoms with Crippen molar-refractivity contribution in [2.45, 2.75) is 0 Å². The summed E-state index contributed by atoms with van der Waals surface area (Å²) in [5.41, 5.74) is 0.803. The molecule has 0 aliphatic carbocycles. The van der Waals surface area contributed by atoms with Crippen molar-refractivity contribution in [3.8, 4) is 11.8 Å². The number of benzene rings is 1. The van der Waals surface area contributed by atoms with Gasteiger partial charge in [-0.3, -0.25) is 0 Å². The minimum atomic E-state index is -0.131. The lowest BCUT2D eigenvalue weighted by atomic mass is 10.2. The third-order valence-corrected chi connectivity index (χ3v) is 2.46. The van der Waals surface area contributed by atoms with Gasteiger partial charge in [0, 0.05) is 10.0 Å². The van der Waals surface area contributed by atoms with Gasteiger partial charge in [-0.25, -0.2) is 0 Å². The monoisotopic (exact) mass is 244 g/mol. The Labute approximate surface area is 84.5 Å². The van der Waals surface area contributed by atoms with Gasteiger partial charge in [-0.2, -0.15) is 0 Å². The van der Waals surface area contributed by atoms with Gasteiger partial charge in [0.15, 0.2) is 0 Å². The Kier molecular flexibility index (Phi) is 3.61. The second-order valence-corrected chi connectivity index (χ2v) is 3.35. The maximum atomic E-state index is 8.44. The summed E-state index contributed by atoms with van der Waals surface area (Å²) in [6.45, 7) is -0.131. The van der Waals surface area contributed by atoms with Gasteiger partial charge in [0.25, 0.3) is 0 Å². The molecule has 0 aliphatic heterocycles. The van der Waals surface area contributed by atoms with Crippen molar-refractivity contribution in [3.05, 3.63) is 33.3 Å². The predicted octanol–water partition coefficient (Wildman–Crippen LogP) is 2.45. The van der Waals surface area contributed by atoms with Gasteiger partial charge >= 0.3 is 0 Å². The molecule has 1 rings (SSSR count). The summed E-state index contributed by atoms with van der Waals surface area (Å²) in [7, 11) is 0. The first kappa shape index (κ1) is 9.60. The summed E-state index contributed by atoms with van der Waals surface area (Å²) in [4.78, 5) is 0. The van der Waals surface area contributed by atoms with Crippen molar-refractivity contribution >= 4 is 27.5 Å². The van der Waals surface area contributed by atoms with Gasteiger partial charge in [-0.1, -0.05) is 23.4 Å². The van der Waals surface area contributed by atoms with Gasteiger partial charge in [0.2, 0.25) is 0 Å². The van der Waals surface area contributed by atoms with Gasteiger partial charge in [-0.05, 0) is 34.1 Å². The summed E-state index contributed by atoms with van der Waals surface area (Å²) in [6, 6.07) is 5.40. The molecular weight excluding hydrogens is 239 g/mol. The molecule has 1 aromatic rings. The fourth-order valence-electron chi connectivity index (χ4n) is 0.715. The Morgan fingerprint density at radius 2 is 2.25 bits per heavy atom. The van der Waals surface area contributed by atoms with E-state index in [0.717, 1.165) is 10.0 Å². The average molecular weight is 246 g/mol. The summed E-state index contributed by atoms with van der Waals surface area (Å²) in [6.07, 6.45) is 0. The molecule has 0 aliphatic rings. The molecule has 0 saturated carbocycles. The van der Waals surface area contributed by atoms with Crippen LogP contribution in [0, 0.1) is 11.8 Å². The molecule has 0 heterocycles. The van der Waals surface area contributed by atoms with Crippen molar-refractivity contribution in [1.82, 2.24) is 0 Å². The molecule has 0 unspecified atom stereocenters. The highest BCUT2D eigenvalue weighted by atomic mass is 79.9. The molecule has 1 N–H and O–H groups in total. The number of aliphatic hydroxyl groups is 1. The normalized spacial score (nSPS) is 8.92. The van der Waals surface area contributed by atoms with E-state index < -0.39 is 0 Å². The maximum absolute atomic E-state index is 8.44. The highest BCUT2D eigenvalue weighted by Crippen LogP contribution is 2.22. The van der Waals surface area contributed by atoms with Gasteiger partial charge in [0.1, 0.15) is 6.61 Å². The van der Waals surface area contributed by atoms with Gasteiger partial charge in [-0.15, -0.1) is 0 Å². The predicted molar refractivity (Wildman–Crippen MR) is 53.1 cm³/mol. The maximum Gasteiger partial charge on any atom is 0.104 e. The molecule has 0 saturated heterocycles. The Morgan fingerprint density at radius 1 is 1.50 bits per heavy atom. The second-order valence-electron chi connectivity index (χ2n) is 2.09. The van der Waals surface area contributed by atoms with E-state index >= 15 is 0 Å². The number of hydrogen-bond donors (Lipinski definition) is 1. The minimum Gasteiger partial charge on any atom is -0.384 e. The topological polar surface area (TPSA) is 20.2 Å². The molecule has 0 spiro atoms. The van der Waals surface area contributed by atoms with E-state index in [4.69, 9.17) is 16.7 Å². The number of rotatable bonds is 0. The number of aliphatic hydroxyl groups excluding tert-OH is 1. The first-order valence-electron chi connectivity index (χ1n) is 3.29. The summed E-state index contributed by atoms with van der Waals surface area (Å²) in [5.74, 6) is 5.30. The smallest absolute Gasteiger partial charge is 0.104 e. The van der Waals surface area contributed by atoms with Crippen molar-refractivity contribution < 1.29 is 5.11 Å². The van der Waals surface area contributed by atoms with E-state index in [2.05, 4.69) is 27.8 Å². The lowest BCUT2D eigenvalue weighted by molar-refractivity contribution is 0.350. The van der Waals surface area contributed by atoms with E-state index in [1.807, 2.05) is 12.1 Å². The molecule has 1 aromatic carbocycles. The minimum absolute atomic E-state index is 0.131. The van der Waals surface area contributed by atoms with Crippen LogP contribution in [0.3, 0.4) is 0 Å². The largest absolute Gasteiger partial charge is 0.384 e. The van der Waals surface area contributed by atoms with Crippen molar-refractivity contribution in [2.24, 2.45) is 0 Å². The molecule has 1 nitrogen and oxygen atoms in total. The highest BCUT2D eigenvalue weighted by Gasteiger charge is 1.95. The van der Waals surface area contributed by atoms with Crippen LogP contribution in [0.2, 0.25) is 5.02 Å². The first-order valence-corrected chi connectivity index (χ1v) is 4.46. The Morgan fingerprint density at radius 3 is 2.83 bits per heavy atom. The van der Waals surface area contributed by atoms with Crippen LogP contribution in [-0.2, 0) is 0 Å². The molecule has 0 aromatic heterocycles. The second kappa shape index (κ2) is 4.51. The number of halogens is 2. The van der Waals surface area contributed by atoms with E-state index in [9.17, 15) is 0 Å². The SMILES string of the molecule is OCC#Cc1ccc(Br)c(Cl)c1. The third kappa shape index (κ3) is 2.53. The van der Waals surface area contributed by atoms with Crippen LogP contribution < -0.4 is 0 Å². The molecule has 0 fully saturated rings. The van der Waals surface area contributed by atoms with Gasteiger partial charge < -0.3 is 5.11 Å². The van der Waals surface area contributed by atoms with Crippen LogP contribution >= 0.6 is 27.5 Å². The van der Waals surface area contributed by atoms with E-state index in [0.29, 0.717) is 5.02 Å². The fraction of sp³-hybridized carbons (Fsp3) is 0.111. The van der Waals surface area contributed by atoms with Crippen LogP contribution in [0.4, 0.5) is 0 Å². The molecule has 62 valence electrons. The lowest BCUT2D eigenvalue weighted by Gasteiger charge is -1.94. The van der Waals surface area contributed by atoms with Crippen LogP contribution in [0.25, 0.3) is 0 Å². The van der Waals surface area contributed by atoms with Crippen LogP contribution in [0.5, 0.6) is 0 Å². The van der Waals surface area contributed by atoms with Crippen molar-refractivity contribution in [1.29, 1.82) is 0 Å². The Balaban J connectivity index is 2.97. The zero-order chi connectivity index (χ0) is 8.97. The lowest BCUT2D eigenvalue weighted by Crippen LogP contribution is -1.77. The molecule has 0 radical (unpaired) electrons. The summed E-state index contributed by atoms with van der Waals surface area (Å²) >= 11 is 9.08. The van der Waals surface area contributed by atoms with Crippen LogP contribution in [0.1, 0.15) is 5.56 Å². The quantitative estimate of drug-likeness (QED) is 0.696. The number of hydrogen-bond acceptors (Lipinski definition) is 1. The Hall–Kier alpha value is -0.490. The zero-order valence-corrected chi connectivity index (χ0v) is 8.48. The van der Waals surface area contributed by atoms with Crippen LogP contribution in [-0.4, -0.2) is 11.7 Å². The molecule has 0 atom stereocenters. The van der Waals surface area contributed by atoms with E-state index in [1.54, 1.807) is 6.07 Å². The van der Waals surface area contributed by atoms with Crippen molar-refractivity contribution in [2.75, 3.05) is 6.61 Å². The molecule has 3 heteroatoms. The average Bonchev–Trinajstić information content (AvgIpc) is 2.07. The molecule has 12 heavy (non-hydrogen) atoms. The standard InChI is InChI=1S/C9H6BrClO/c10-8-4-3-7(2-1-5-12)6-9(8)11/h3-4,6,12H,5H2. The van der Waals surface area contributed by atoms with Crippen molar-refractivity contribution in [3.63, 3.8) is 0 Å². The summed E-state index contributed by atoms with van der Waals surface area (Å²) < 4.78 is 0.846. The van der Waals surface area contributed by atoms with E-state index in [-0.39, 0.29) is 6.61 Å². The third-order valence-electron chi connectivity index (χ3n) is 1.23. The Bertz CT molecular complexity index is 338.